The van der Waals surface area contributed by atoms with E-state index in [2.05, 4.69) is 62.9 Å². The lowest BCUT2D eigenvalue weighted by atomic mass is 10.2. The van der Waals surface area contributed by atoms with E-state index in [1.807, 2.05) is 6.20 Å². The summed E-state index contributed by atoms with van der Waals surface area (Å²) < 4.78 is 3.35. The highest BCUT2D eigenvalue weighted by Crippen LogP contribution is 2.17. The van der Waals surface area contributed by atoms with E-state index in [0.29, 0.717) is 0 Å². The van der Waals surface area contributed by atoms with Crippen LogP contribution >= 0.6 is 15.9 Å². The zero-order valence-electron chi connectivity index (χ0n) is 9.08. The number of aromatic amines is 1. The summed E-state index contributed by atoms with van der Waals surface area (Å²) in [4.78, 5) is 3.27. The molecule has 0 aliphatic rings. The Balaban J connectivity index is 0.00000128. The summed E-state index contributed by atoms with van der Waals surface area (Å²) in [6, 6.07) is 8.35. The molecule has 0 amide bonds. The smallest absolute Gasteiger partial charge is 0.286 e. The zero-order chi connectivity index (χ0) is 10.7. The van der Waals surface area contributed by atoms with Gasteiger partial charge < -0.3 is 17.0 Å². The van der Waals surface area contributed by atoms with Gasteiger partial charge in [-0.2, -0.15) is 0 Å². The van der Waals surface area contributed by atoms with Crippen LogP contribution in [0, 0.1) is 0 Å². The van der Waals surface area contributed by atoms with Crippen molar-refractivity contribution in [3.63, 3.8) is 0 Å². The van der Waals surface area contributed by atoms with Crippen LogP contribution in [-0.2, 0) is 6.54 Å². The highest BCUT2D eigenvalue weighted by atomic mass is 79.9. The molecule has 16 heavy (non-hydrogen) atoms. The number of nitrogens with zero attached hydrogens (tertiary/aromatic N) is 1. The van der Waals surface area contributed by atoms with Crippen molar-refractivity contribution in [3.8, 4) is 11.4 Å². The van der Waals surface area contributed by atoms with E-state index >= 15 is 0 Å². The quantitative estimate of drug-likeness (QED) is 0.764. The maximum atomic E-state index is 3.44. The second-order valence-corrected chi connectivity index (χ2v) is 4.42. The van der Waals surface area contributed by atoms with Crippen LogP contribution in [0.25, 0.3) is 11.4 Å². The summed E-state index contributed by atoms with van der Waals surface area (Å²) in [5.41, 5.74) is 1.22. The normalized spacial score (nSPS) is 9.88. The van der Waals surface area contributed by atoms with Crippen molar-refractivity contribution >= 4 is 15.9 Å². The largest absolute Gasteiger partial charge is 1.00 e. The molecular weight excluding hydrogens is 332 g/mol. The summed E-state index contributed by atoms with van der Waals surface area (Å²) in [5.74, 6) is 1.17. The van der Waals surface area contributed by atoms with Crippen LogP contribution in [0.2, 0.25) is 0 Å². The van der Waals surface area contributed by atoms with Gasteiger partial charge in [0.2, 0.25) is 0 Å². The van der Waals surface area contributed by atoms with E-state index in [-0.39, 0.29) is 17.0 Å². The second-order valence-electron chi connectivity index (χ2n) is 3.51. The van der Waals surface area contributed by atoms with Crippen LogP contribution in [0.3, 0.4) is 0 Å². The minimum Gasteiger partial charge on any atom is -1.00 e. The van der Waals surface area contributed by atoms with Crippen LogP contribution in [0.15, 0.2) is 41.1 Å². The summed E-state index contributed by atoms with van der Waals surface area (Å²) >= 11 is 3.44. The number of hydrogen-bond donors (Lipinski definition) is 1. The minimum atomic E-state index is 0. The van der Waals surface area contributed by atoms with E-state index in [1.54, 1.807) is 0 Å². The van der Waals surface area contributed by atoms with Gasteiger partial charge in [0.1, 0.15) is 12.4 Å². The first kappa shape index (κ1) is 13.5. The number of rotatable bonds is 3. The zero-order valence-corrected chi connectivity index (χ0v) is 12.3. The molecule has 0 aliphatic heterocycles. The summed E-state index contributed by atoms with van der Waals surface area (Å²) in [6.45, 7) is 3.24. The molecule has 0 radical (unpaired) electrons. The van der Waals surface area contributed by atoms with Gasteiger partial charge in [-0.25, -0.2) is 9.55 Å². The molecule has 0 unspecified atom stereocenters. The van der Waals surface area contributed by atoms with Gasteiger partial charge in [0.25, 0.3) is 5.82 Å². The molecule has 0 saturated carbocycles. The first-order valence-electron chi connectivity index (χ1n) is 5.14. The fourth-order valence-corrected chi connectivity index (χ4v) is 1.91. The number of H-pyrrole nitrogens is 1. The molecule has 86 valence electrons. The first-order chi connectivity index (χ1) is 7.31. The average molecular weight is 346 g/mol. The van der Waals surface area contributed by atoms with Gasteiger partial charge in [-0.3, -0.25) is 0 Å². The Bertz CT molecular complexity index is 435. The molecule has 0 saturated heterocycles. The fourth-order valence-electron chi connectivity index (χ4n) is 1.65. The molecule has 2 nitrogen and oxygen atoms in total. The third kappa shape index (κ3) is 2.95. The molecule has 0 fully saturated rings. The Morgan fingerprint density at radius 3 is 2.56 bits per heavy atom. The van der Waals surface area contributed by atoms with Crippen molar-refractivity contribution in [2.24, 2.45) is 0 Å². The Labute approximate surface area is 115 Å². The average Bonchev–Trinajstić information content (AvgIpc) is 2.68. The summed E-state index contributed by atoms with van der Waals surface area (Å²) in [5, 5.41) is 0. The number of aromatic nitrogens is 2. The van der Waals surface area contributed by atoms with Gasteiger partial charge in [-0.1, -0.05) is 22.9 Å². The Morgan fingerprint density at radius 1 is 1.25 bits per heavy atom. The molecule has 1 N–H and O–H groups in total. The highest BCUT2D eigenvalue weighted by molar-refractivity contribution is 9.10. The molecule has 1 aromatic heterocycles. The van der Waals surface area contributed by atoms with Gasteiger partial charge in [0.15, 0.2) is 0 Å². The monoisotopic (exact) mass is 344 g/mol. The maximum Gasteiger partial charge on any atom is 0.286 e. The molecule has 2 aromatic rings. The maximum absolute atomic E-state index is 3.44. The van der Waals surface area contributed by atoms with E-state index in [0.717, 1.165) is 17.4 Å². The number of halogens is 2. The summed E-state index contributed by atoms with van der Waals surface area (Å²) in [7, 11) is 0. The van der Waals surface area contributed by atoms with Gasteiger partial charge in [-0.05, 0) is 30.7 Å². The van der Waals surface area contributed by atoms with Crippen molar-refractivity contribution in [3.05, 3.63) is 41.1 Å². The third-order valence-electron chi connectivity index (χ3n) is 2.34. The lowest BCUT2D eigenvalue weighted by Gasteiger charge is -1.99. The molecule has 4 heteroatoms. The number of hydrogen-bond acceptors (Lipinski definition) is 0. The van der Waals surface area contributed by atoms with Crippen molar-refractivity contribution in [1.29, 1.82) is 0 Å². The molecule has 1 aromatic carbocycles. The number of nitrogens with one attached hydrogen (secondary N) is 1. The Hall–Kier alpha value is -0.610. The van der Waals surface area contributed by atoms with Crippen molar-refractivity contribution in [2.75, 3.05) is 0 Å². The number of imidazole rings is 1. The summed E-state index contributed by atoms with van der Waals surface area (Å²) in [6.07, 6.45) is 5.21. The van der Waals surface area contributed by atoms with Gasteiger partial charge in [0.05, 0.1) is 12.1 Å². The van der Waals surface area contributed by atoms with Crippen molar-refractivity contribution < 1.29 is 21.5 Å². The van der Waals surface area contributed by atoms with Crippen LogP contribution in [-0.4, -0.2) is 4.98 Å². The first-order valence-corrected chi connectivity index (χ1v) is 5.93. The molecular formula is C12H14Br2N2. The standard InChI is InChI=1S/C12H13BrN2.BrH/c1-2-8-15-9-7-14-12(15)10-3-5-11(13)6-4-10;/h3-7,9H,2,8H2,1H3;1H. The Morgan fingerprint density at radius 2 is 1.94 bits per heavy atom. The minimum absolute atomic E-state index is 0. The van der Waals surface area contributed by atoms with Crippen LogP contribution in [0.1, 0.15) is 13.3 Å². The van der Waals surface area contributed by atoms with E-state index in [1.165, 1.54) is 11.4 Å². The van der Waals surface area contributed by atoms with E-state index in [4.69, 9.17) is 0 Å². The fraction of sp³-hybridized carbons (Fsp3) is 0.250. The number of aryl methyl sites for hydroxylation is 1. The Kier molecular flexibility index (Phi) is 5.22. The van der Waals surface area contributed by atoms with Crippen LogP contribution in [0.5, 0.6) is 0 Å². The lowest BCUT2D eigenvalue weighted by molar-refractivity contribution is -0.684. The predicted octanol–water partition coefficient (Wildman–Crippen LogP) is 0.146. The van der Waals surface area contributed by atoms with E-state index < -0.39 is 0 Å². The topological polar surface area (TPSA) is 19.7 Å². The number of benzene rings is 1. The van der Waals surface area contributed by atoms with Gasteiger partial charge >= 0.3 is 0 Å². The van der Waals surface area contributed by atoms with Crippen LogP contribution < -0.4 is 21.5 Å². The third-order valence-corrected chi connectivity index (χ3v) is 2.87. The predicted molar refractivity (Wildman–Crippen MR) is 64.4 cm³/mol. The molecule has 2 rings (SSSR count). The molecule has 0 atom stereocenters. The molecule has 0 spiro atoms. The lowest BCUT2D eigenvalue weighted by Crippen LogP contribution is -3.00. The highest BCUT2D eigenvalue weighted by Gasteiger charge is 2.11. The second kappa shape index (κ2) is 6.21. The van der Waals surface area contributed by atoms with Gasteiger partial charge in [-0.15, -0.1) is 0 Å². The SMILES string of the molecule is CCC[n+]1cc[nH]c1-c1ccc(Br)cc1.[Br-]. The van der Waals surface area contributed by atoms with Crippen molar-refractivity contribution in [1.82, 2.24) is 4.98 Å². The van der Waals surface area contributed by atoms with Crippen LogP contribution in [0.4, 0.5) is 0 Å². The molecule has 0 bridgehead atoms. The molecule has 1 heterocycles. The van der Waals surface area contributed by atoms with Crippen molar-refractivity contribution in [2.45, 2.75) is 19.9 Å². The van der Waals surface area contributed by atoms with Gasteiger partial charge in [0, 0.05) is 4.47 Å². The van der Waals surface area contributed by atoms with E-state index in [9.17, 15) is 0 Å². The molecule has 0 aliphatic carbocycles.